The molecular formula is C12H14N2O3. The Morgan fingerprint density at radius 2 is 2.06 bits per heavy atom. The van der Waals surface area contributed by atoms with Gasteiger partial charge in [-0.05, 0) is 24.6 Å². The second-order valence-corrected chi connectivity index (χ2v) is 3.77. The van der Waals surface area contributed by atoms with Gasteiger partial charge < -0.3 is 14.4 Å². The van der Waals surface area contributed by atoms with Crippen LogP contribution in [-0.2, 0) is 11.2 Å². The molecule has 0 amide bonds. The van der Waals surface area contributed by atoms with Crippen molar-refractivity contribution >= 4 is 0 Å². The number of hydrogen-bond donors (Lipinski definition) is 1. The Labute approximate surface area is 99.0 Å². The third-order valence-electron chi connectivity index (χ3n) is 2.49. The molecule has 1 unspecified atom stereocenters. The van der Waals surface area contributed by atoms with Gasteiger partial charge in [-0.1, -0.05) is 17.3 Å². The van der Waals surface area contributed by atoms with E-state index in [2.05, 4.69) is 10.1 Å². The third kappa shape index (κ3) is 2.82. The third-order valence-corrected chi connectivity index (χ3v) is 2.49. The lowest BCUT2D eigenvalue weighted by Crippen LogP contribution is -1.98. The number of phenolic OH excluding ortho intramolecular Hbond substituents is 1. The fraction of sp³-hybridized carbons (Fsp3) is 0.333. The molecule has 0 radical (unpaired) electrons. The Hall–Kier alpha value is -1.88. The molecular weight excluding hydrogens is 220 g/mol. The molecule has 5 nitrogen and oxygen atoms in total. The van der Waals surface area contributed by atoms with E-state index in [4.69, 9.17) is 14.4 Å². The van der Waals surface area contributed by atoms with E-state index in [0.717, 1.165) is 5.56 Å². The van der Waals surface area contributed by atoms with Gasteiger partial charge in [0, 0.05) is 7.11 Å². The van der Waals surface area contributed by atoms with Crippen LogP contribution in [-0.4, -0.2) is 22.4 Å². The molecule has 0 aliphatic carbocycles. The standard InChI is InChI=1S/C12H14N2O3/c1-8(16-2)12-13-11(17-14-12)7-9-3-5-10(15)6-4-9/h3-6,8,15H,7H2,1-2H3. The number of nitrogens with zero attached hydrogens (tertiary/aromatic N) is 2. The van der Waals surface area contributed by atoms with Crippen molar-refractivity contribution in [1.29, 1.82) is 0 Å². The molecule has 1 heterocycles. The van der Waals surface area contributed by atoms with Gasteiger partial charge in [0.1, 0.15) is 11.9 Å². The molecule has 2 rings (SSSR count). The minimum atomic E-state index is -0.174. The van der Waals surface area contributed by atoms with E-state index in [1.54, 1.807) is 19.2 Å². The highest BCUT2D eigenvalue weighted by molar-refractivity contribution is 5.27. The predicted molar refractivity (Wildman–Crippen MR) is 60.6 cm³/mol. The van der Waals surface area contributed by atoms with Crippen molar-refractivity contribution in [3.63, 3.8) is 0 Å². The molecule has 90 valence electrons. The van der Waals surface area contributed by atoms with Crippen molar-refractivity contribution in [3.8, 4) is 5.75 Å². The van der Waals surface area contributed by atoms with Crippen molar-refractivity contribution in [2.24, 2.45) is 0 Å². The van der Waals surface area contributed by atoms with Crippen LogP contribution in [0.25, 0.3) is 0 Å². The fourth-order valence-electron chi connectivity index (χ4n) is 1.40. The van der Waals surface area contributed by atoms with Crippen molar-refractivity contribution in [2.45, 2.75) is 19.4 Å². The van der Waals surface area contributed by atoms with E-state index < -0.39 is 0 Å². The van der Waals surface area contributed by atoms with Gasteiger partial charge in [0.2, 0.25) is 5.89 Å². The maximum absolute atomic E-state index is 9.16. The lowest BCUT2D eigenvalue weighted by molar-refractivity contribution is 0.109. The zero-order valence-corrected chi connectivity index (χ0v) is 9.75. The number of methoxy groups -OCH3 is 1. The average molecular weight is 234 g/mol. The number of ether oxygens (including phenoxy) is 1. The summed E-state index contributed by atoms with van der Waals surface area (Å²) in [5.41, 5.74) is 1.00. The first-order valence-corrected chi connectivity index (χ1v) is 5.32. The average Bonchev–Trinajstić information content (AvgIpc) is 2.80. The summed E-state index contributed by atoms with van der Waals surface area (Å²) in [6.45, 7) is 1.86. The normalized spacial score (nSPS) is 12.6. The summed E-state index contributed by atoms with van der Waals surface area (Å²) >= 11 is 0. The van der Waals surface area contributed by atoms with Crippen LogP contribution < -0.4 is 0 Å². The SMILES string of the molecule is COC(C)c1noc(Cc2ccc(O)cc2)n1. The van der Waals surface area contributed by atoms with Crippen LogP contribution >= 0.6 is 0 Å². The molecule has 1 atom stereocenters. The quantitative estimate of drug-likeness (QED) is 0.877. The highest BCUT2D eigenvalue weighted by Crippen LogP contribution is 2.15. The molecule has 5 heteroatoms. The van der Waals surface area contributed by atoms with E-state index in [1.807, 2.05) is 19.1 Å². The lowest BCUT2D eigenvalue weighted by atomic mass is 10.1. The van der Waals surface area contributed by atoms with Crippen LogP contribution in [0, 0.1) is 0 Å². The number of rotatable bonds is 4. The predicted octanol–water partition coefficient (Wildman–Crippen LogP) is 2.07. The molecule has 1 aromatic carbocycles. The molecule has 0 fully saturated rings. The molecule has 1 aromatic heterocycles. The van der Waals surface area contributed by atoms with E-state index in [-0.39, 0.29) is 11.9 Å². The zero-order valence-electron chi connectivity index (χ0n) is 9.75. The molecule has 0 aliphatic rings. The minimum absolute atomic E-state index is 0.174. The first kappa shape index (κ1) is 11.6. The van der Waals surface area contributed by atoms with Crippen LogP contribution in [0.2, 0.25) is 0 Å². The number of benzene rings is 1. The number of aromatic nitrogens is 2. The highest BCUT2D eigenvalue weighted by atomic mass is 16.5. The first-order chi connectivity index (χ1) is 8.19. The summed E-state index contributed by atoms with van der Waals surface area (Å²) in [5.74, 6) is 1.32. The van der Waals surface area contributed by atoms with Crippen molar-refractivity contribution < 1.29 is 14.4 Å². The summed E-state index contributed by atoms with van der Waals surface area (Å²) in [6.07, 6.45) is 0.372. The highest BCUT2D eigenvalue weighted by Gasteiger charge is 2.12. The van der Waals surface area contributed by atoms with E-state index in [1.165, 1.54) is 0 Å². The molecule has 1 N–H and O–H groups in total. The molecule has 0 saturated carbocycles. The maximum atomic E-state index is 9.16. The van der Waals surface area contributed by atoms with Crippen LogP contribution in [0.15, 0.2) is 28.8 Å². The Morgan fingerprint density at radius 1 is 1.35 bits per heavy atom. The summed E-state index contributed by atoms with van der Waals surface area (Å²) in [7, 11) is 1.60. The van der Waals surface area contributed by atoms with Gasteiger partial charge in [-0.25, -0.2) is 0 Å². The number of aromatic hydroxyl groups is 1. The summed E-state index contributed by atoms with van der Waals surface area (Å²) < 4.78 is 10.2. The van der Waals surface area contributed by atoms with Crippen molar-refractivity contribution in [1.82, 2.24) is 10.1 Å². The largest absolute Gasteiger partial charge is 0.508 e. The maximum Gasteiger partial charge on any atom is 0.231 e. The lowest BCUT2D eigenvalue weighted by Gasteiger charge is -2.01. The molecule has 0 aliphatic heterocycles. The van der Waals surface area contributed by atoms with Gasteiger partial charge in [0.05, 0.1) is 6.42 Å². The van der Waals surface area contributed by atoms with Crippen molar-refractivity contribution in [2.75, 3.05) is 7.11 Å². The van der Waals surface area contributed by atoms with E-state index >= 15 is 0 Å². The monoisotopic (exact) mass is 234 g/mol. The van der Waals surface area contributed by atoms with Gasteiger partial charge in [0.15, 0.2) is 5.82 Å². The van der Waals surface area contributed by atoms with Crippen LogP contribution in [0.3, 0.4) is 0 Å². The number of hydrogen-bond acceptors (Lipinski definition) is 5. The van der Waals surface area contributed by atoms with Crippen LogP contribution in [0.4, 0.5) is 0 Å². The second kappa shape index (κ2) is 4.97. The zero-order chi connectivity index (χ0) is 12.3. The van der Waals surface area contributed by atoms with Crippen LogP contribution in [0.5, 0.6) is 5.75 Å². The molecule has 17 heavy (non-hydrogen) atoms. The summed E-state index contributed by atoms with van der Waals surface area (Å²) in [6, 6.07) is 6.90. The fourth-order valence-corrected chi connectivity index (χ4v) is 1.40. The Kier molecular flexibility index (Phi) is 3.39. The minimum Gasteiger partial charge on any atom is -0.508 e. The molecule has 0 saturated heterocycles. The Morgan fingerprint density at radius 3 is 2.71 bits per heavy atom. The summed E-state index contributed by atoms with van der Waals surface area (Å²) in [4.78, 5) is 4.23. The first-order valence-electron chi connectivity index (χ1n) is 5.32. The smallest absolute Gasteiger partial charge is 0.231 e. The van der Waals surface area contributed by atoms with E-state index in [0.29, 0.717) is 18.1 Å². The molecule has 2 aromatic rings. The molecule has 0 spiro atoms. The van der Waals surface area contributed by atoms with Gasteiger partial charge in [0.25, 0.3) is 0 Å². The van der Waals surface area contributed by atoms with Crippen molar-refractivity contribution in [3.05, 3.63) is 41.5 Å². The summed E-state index contributed by atoms with van der Waals surface area (Å²) in [5, 5.41) is 13.0. The van der Waals surface area contributed by atoms with Gasteiger partial charge in [-0.2, -0.15) is 4.98 Å². The Bertz CT molecular complexity index is 479. The molecule has 0 bridgehead atoms. The number of phenols is 1. The van der Waals surface area contributed by atoms with Gasteiger partial charge >= 0.3 is 0 Å². The topological polar surface area (TPSA) is 68.4 Å². The second-order valence-electron chi connectivity index (χ2n) is 3.77. The van der Waals surface area contributed by atoms with Gasteiger partial charge in [-0.15, -0.1) is 0 Å². The van der Waals surface area contributed by atoms with Gasteiger partial charge in [-0.3, -0.25) is 0 Å². The van der Waals surface area contributed by atoms with Crippen LogP contribution in [0.1, 0.15) is 30.3 Å². The van der Waals surface area contributed by atoms with E-state index in [9.17, 15) is 0 Å². The Balaban J connectivity index is 2.08.